The van der Waals surface area contributed by atoms with Gasteiger partial charge >= 0.3 is 0 Å². The highest BCUT2D eigenvalue weighted by Crippen LogP contribution is 2.18. The van der Waals surface area contributed by atoms with Crippen molar-refractivity contribution >= 4 is 45.6 Å². The van der Waals surface area contributed by atoms with Gasteiger partial charge in [-0.1, -0.05) is 0 Å². The van der Waals surface area contributed by atoms with E-state index < -0.39 is 0 Å². The van der Waals surface area contributed by atoms with Crippen molar-refractivity contribution in [3.05, 3.63) is 35.2 Å². The normalized spacial score (nSPS) is 10.2. The Morgan fingerprint density at radius 3 is 3.00 bits per heavy atom. The van der Waals surface area contributed by atoms with Crippen molar-refractivity contribution in [2.45, 2.75) is 0 Å². The summed E-state index contributed by atoms with van der Waals surface area (Å²) in [5, 5.41) is 13.9. The van der Waals surface area contributed by atoms with Crippen molar-refractivity contribution in [2.24, 2.45) is 0 Å². The minimum absolute atomic E-state index is 0. The van der Waals surface area contributed by atoms with Crippen LogP contribution in [0.25, 0.3) is 5.65 Å². The van der Waals surface area contributed by atoms with Crippen molar-refractivity contribution in [3.8, 4) is 0 Å². The first kappa shape index (κ1) is 11.9. The molecule has 2 N–H and O–H groups in total. The lowest BCUT2D eigenvalue weighted by atomic mass is 10.5. The van der Waals surface area contributed by atoms with Gasteiger partial charge in [-0.25, -0.2) is 4.52 Å². The van der Waals surface area contributed by atoms with Gasteiger partial charge in [0, 0.05) is 12.4 Å². The Kier molecular flexibility index (Phi) is 3.30. The van der Waals surface area contributed by atoms with Gasteiger partial charge in [0.25, 0.3) is 0 Å². The predicted molar refractivity (Wildman–Crippen MR) is 69.8 cm³/mol. The fourth-order valence-corrected chi connectivity index (χ4v) is 1.80. The monoisotopic (exact) mass is 314 g/mol. The molecule has 17 heavy (non-hydrogen) atoms. The highest BCUT2D eigenvalue weighted by molar-refractivity contribution is 9.10. The Balaban J connectivity index is 0.00000108. The van der Waals surface area contributed by atoms with Gasteiger partial charge in [-0.3, -0.25) is 5.10 Å². The fourth-order valence-electron chi connectivity index (χ4n) is 1.37. The molecule has 0 saturated carbocycles. The van der Waals surface area contributed by atoms with Crippen LogP contribution in [0.15, 0.2) is 35.2 Å². The molecule has 0 aromatic carbocycles. The molecule has 3 heterocycles. The van der Waals surface area contributed by atoms with Gasteiger partial charge in [-0.2, -0.15) is 10.1 Å². The molecular formula is C9H8BrClN6. The first-order valence-electron chi connectivity index (χ1n) is 4.59. The highest BCUT2D eigenvalue weighted by Gasteiger charge is 2.06. The standard InChI is InChI=1S/C9H7BrN6.ClH/c10-7-2-1-3-16-8(7)14-9(15-16)13-6-4-11-12-5-6;/h1-5H,(H,11,12)(H,13,15);1H. The van der Waals surface area contributed by atoms with Crippen LogP contribution < -0.4 is 5.32 Å². The molecule has 0 spiro atoms. The van der Waals surface area contributed by atoms with Crippen LogP contribution in [-0.4, -0.2) is 24.8 Å². The number of hydrogen-bond donors (Lipinski definition) is 2. The molecule has 0 amide bonds. The summed E-state index contributed by atoms with van der Waals surface area (Å²) in [7, 11) is 0. The Hall–Kier alpha value is -1.60. The molecule has 0 fully saturated rings. The van der Waals surface area contributed by atoms with Crippen LogP contribution in [0.2, 0.25) is 0 Å². The number of aromatic amines is 1. The van der Waals surface area contributed by atoms with Crippen LogP contribution in [0.5, 0.6) is 0 Å². The third kappa shape index (κ3) is 2.25. The number of halogens is 2. The van der Waals surface area contributed by atoms with Gasteiger partial charge in [-0.15, -0.1) is 17.5 Å². The number of rotatable bonds is 2. The molecule has 0 atom stereocenters. The molecule has 6 nitrogen and oxygen atoms in total. The molecule has 3 rings (SSSR count). The lowest BCUT2D eigenvalue weighted by molar-refractivity contribution is 0.962. The predicted octanol–water partition coefficient (Wildman–Crippen LogP) is 2.38. The summed E-state index contributed by atoms with van der Waals surface area (Å²) in [6.45, 7) is 0. The molecule has 0 aliphatic carbocycles. The average Bonchev–Trinajstić information content (AvgIpc) is 2.88. The smallest absolute Gasteiger partial charge is 0.247 e. The SMILES string of the molecule is Brc1cccn2nc(Nc3cn[nH]c3)nc12.Cl. The Bertz CT molecular complexity index is 619. The van der Waals surface area contributed by atoms with Crippen molar-refractivity contribution in [2.75, 3.05) is 5.32 Å². The highest BCUT2D eigenvalue weighted by atomic mass is 79.9. The molecular weight excluding hydrogens is 307 g/mol. The molecule has 0 bridgehead atoms. The van der Waals surface area contributed by atoms with Crippen molar-refractivity contribution in [3.63, 3.8) is 0 Å². The molecule has 0 aliphatic heterocycles. The van der Waals surface area contributed by atoms with Crippen LogP contribution >= 0.6 is 28.3 Å². The first-order chi connectivity index (χ1) is 7.83. The largest absolute Gasteiger partial charge is 0.320 e. The summed E-state index contributed by atoms with van der Waals surface area (Å²) in [6.07, 6.45) is 5.25. The Morgan fingerprint density at radius 1 is 1.41 bits per heavy atom. The van der Waals surface area contributed by atoms with Gasteiger partial charge in [0.2, 0.25) is 5.95 Å². The van der Waals surface area contributed by atoms with Gasteiger partial charge in [0.15, 0.2) is 5.65 Å². The van der Waals surface area contributed by atoms with E-state index in [0.29, 0.717) is 5.95 Å². The summed E-state index contributed by atoms with van der Waals surface area (Å²) < 4.78 is 2.61. The van der Waals surface area contributed by atoms with E-state index in [1.807, 2.05) is 18.3 Å². The zero-order valence-corrected chi connectivity index (χ0v) is 10.9. The van der Waals surface area contributed by atoms with E-state index in [1.165, 1.54) is 0 Å². The van der Waals surface area contributed by atoms with Gasteiger partial charge in [0.05, 0.1) is 16.4 Å². The molecule has 0 radical (unpaired) electrons. The number of anilines is 2. The number of nitrogens with one attached hydrogen (secondary N) is 2. The number of pyridine rings is 1. The zero-order chi connectivity index (χ0) is 11.0. The van der Waals surface area contributed by atoms with Crippen LogP contribution in [0.3, 0.4) is 0 Å². The van der Waals surface area contributed by atoms with Crippen LogP contribution in [-0.2, 0) is 0 Å². The second kappa shape index (κ2) is 4.72. The summed E-state index contributed by atoms with van der Waals surface area (Å²) in [5.41, 5.74) is 1.60. The van der Waals surface area contributed by atoms with Crippen molar-refractivity contribution in [1.29, 1.82) is 0 Å². The summed E-state index contributed by atoms with van der Waals surface area (Å²) in [4.78, 5) is 4.34. The van der Waals surface area contributed by atoms with E-state index in [4.69, 9.17) is 0 Å². The van der Waals surface area contributed by atoms with E-state index in [0.717, 1.165) is 15.8 Å². The minimum Gasteiger partial charge on any atom is -0.320 e. The van der Waals surface area contributed by atoms with Crippen LogP contribution in [0.4, 0.5) is 11.6 Å². The minimum atomic E-state index is 0. The van der Waals surface area contributed by atoms with E-state index >= 15 is 0 Å². The van der Waals surface area contributed by atoms with E-state index in [2.05, 4.69) is 41.5 Å². The maximum Gasteiger partial charge on any atom is 0.247 e. The second-order valence-electron chi connectivity index (χ2n) is 3.17. The third-order valence-electron chi connectivity index (χ3n) is 2.07. The lowest BCUT2D eigenvalue weighted by Gasteiger charge is -1.92. The van der Waals surface area contributed by atoms with Crippen LogP contribution in [0.1, 0.15) is 0 Å². The molecule has 8 heteroatoms. The number of hydrogen-bond acceptors (Lipinski definition) is 4. The number of fused-ring (bicyclic) bond motifs is 1. The summed E-state index contributed by atoms with van der Waals surface area (Å²) in [5.74, 6) is 0.535. The Morgan fingerprint density at radius 2 is 2.29 bits per heavy atom. The van der Waals surface area contributed by atoms with Gasteiger partial charge in [0.1, 0.15) is 0 Å². The third-order valence-corrected chi connectivity index (χ3v) is 2.69. The molecule has 3 aromatic rings. The second-order valence-corrected chi connectivity index (χ2v) is 4.03. The van der Waals surface area contributed by atoms with E-state index in [9.17, 15) is 0 Å². The molecule has 0 saturated heterocycles. The number of H-pyrrole nitrogens is 1. The van der Waals surface area contributed by atoms with E-state index in [-0.39, 0.29) is 12.4 Å². The zero-order valence-electron chi connectivity index (χ0n) is 8.46. The van der Waals surface area contributed by atoms with Gasteiger partial charge < -0.3 is 5.32 Å². The number of aromatic nitrogens is 5. The fraction of sp³-hybridized carbons (Fsp3) is 0. The molecule has 88 valence electrons. The quantitative estimate of drug-likeness (QED) is 0.761. The topological polar surface area (TPSA) is 70.9 Å². The first-order valence-corrected chi connectivity index (χ1v) is 5.39. The van der Waals surface area contributed by atoms with Crippen molar-refractivity contribution in [1.82, 2.24) is 24.8 Å². The maximum atomic E-state index is 4.34. The summed E-state index contributed by atoms with van der Waals surface area (Å²) >= 11 is 3.42. The molecule has 0 unspecified atom stereocenters. The average molecular weight is 316 g/mol. The molecule has 3 aromatic heterocycles. The Labute approximate surface area is 111 Å². The van der Waals surface area contributed by atoms with Gasteiger partial charge in [-0.05, 0) is 28.1 Å². The van der Waals surface area contributed by atoms with Crippen molar-refractivity contribution < 1.29 is 0 Å². The molecule has 0 aliphatic rings. The maximum absolute atomic E-state index is 4.34. The van der Waals surface area contributed by atoms with Crippen LogP contribution in [0, 0.1) is 0 Å². The van der Waals surface area contributed by atoms with E-state index in [1.54, 1.807) is 16.9 Å². The summed E-state index contributed by atoms with van der Waals surface area (Å²) in [6, 6.07) is 3.82. The number of nitrogens with zero attached hydrogens (tertiary/aromatic N) is 4. The lowest BCUT2D eigenvalue weighted by Crippen LogP contribution is -1.91.